The van der Waals surface area contributed by atoms with E-state index in [1.807, 2.05) is 12.1 Å². The summed E-state index contributed by atoms with van der Waals surface area (Å²) >= 11 is 0. The molecular weight excluding hydrogens is 357 g/mol. The summed E-state index contributed by atoms with van der Waals surface area (Å²) in [6, 6.07) is 14.0. The van der Waals surface area contributed by atoms with E-state index in [9.17, 15) is 13.2 Å². The summed E-state index contributed by atoms with van der Waals surface area (Å²) in [5, 5.41) is 5.83. The fraction of sp³-hybridized carbons (Fsp3) is 0.158. The number of alkyl halides is 3. The van der Waals surface area contributed by atoms with Crippen molar-refractivity contribution in [1.82, 2.24) is 9.97 Å². The zero-order chi connectivity index (χ0) is 19.4. The minimum Gasteiger partial charge on any atom is -0.497 e. The van der Waals surface area contributed by atoms with Crippen molar-refractivity contribution < 1.29 is 17.9 Å². The van der Waals surface area contributed by atoms with E-state index in [1.165, 1.54) is 18.2 Å². The molecule has 0 aliphatic rings. The quantitative estimate of drug-likeness (QED) is 0.635. The molecular formula is C19H17F3N4O. The van der Waals surface area contributed by atoms with Crippen LogP contribution in [0.4, 0.5) is 36.2 Å². The zero-order valence-electron chi connectivity index (χ0n) is 14.6. The van der Waals surface area contributed by atoms with Gasteiger partial charge >= 0.3 is 6.18 Å². The third-order valence-corrected chi connectivity index (χ3v) is 3.70. The number of rotatable bonds is 5. The van der Waals surface area contributed by atoms with Crippen LogP contribution >= 0.6 is 0 Å². The fourth-order valence-corrected chi connectivity index (χ4v) is 2.50. The Morgan fingerprint density at radius 2 is 1.52 bits per heavy atom. The van der Waals surface area contributed by atoms with Crippen molar-refractivity contribution >= 4 is 23.0 Å². The van der Waals surface area contributed by atoms with Crippen LogP contribution in [0.3, 0.4) is 0 Å². The number of halogens is 3. The van der Waals surface area contributed by atoms with E-state index < -0.39 is 11.7 Å². The van der Waals surface area contributed by atoms with Crippen molar-refractivity contribution in [2.75, 3.05) is 17.7 Å². The maximum atomic E-state index is 13.2. The monoisotopic (exact) mass is 374 g/mol. The van der Waals surface area contributed by atoms with Gasteiger partial charge in [0.25, 0.3) is 0 Å². The number of methoxy groups -OCH3 is 1. The van der Waals surface area contributed by atoms with Crippen molar-refractivity contribution in [1.29, 1.82) is 0 Å². The van der Waals surface area contributed by atoms with Gasteiger partial charge in [0, 0.05) is 11.8 Å². The zero-order valence-corrected chi connectivity index (χ0v) is 14.6. The number of nitrogens with one attached hydrogen (secondary N) is 2. The van der Waals surface area contributed by atoms with Crippen LogP contribution in [0.25, 0.3) is 0 Å². The Bertz CT molecular complexity index is 927. The average molecular weight is 374 g/mol. The van der Waals surface area contributed by atoms with Gasteiger partial charge in [-0.1, -0.05) is 12.1 Å². The lowest BCUT2D eigenvalue weighted by molar-refractivity contribution is -0.136. The van der Waals surface area contributed by atoms with Crippen molar-refractivity contribution in [2.24, 2.45) is 0 Å². The van der Waals surface area contributed by atoms with E-state index >= 15 is 0 Å². The number of aromatic nitrogens is 2. The number of para-hydroxylation sites is 1. The van der Waals surface area contributed by atoms with Crippen LogP contribution in [0.1, 0.15) is 11.4 Å². The van der Waals surface area contributed by atoms with Gasteiger partial charge in [0.15, 0.2) is 0 Å². The molecule has 0 spiro atoms. The molecule has 1 heterocycles. The van der Waals surface area contributed by atoms with Crippen LogP contribution in [0.5, 0.6) is 5.75 Å². The summed E-state index contributed by atoms with van der Waals surface area (Å²) in [6.45, 7) is 1.67. The molecule has 140 valence electrons. The number of anilines is 4. The fourth-order valence-electron chi connectivity index (χ4n) is 2.50. The molecule has 0 fully saturated rings. The van der Waals surface area contributed by atoms with Crippen LogP contribution in [-0.4, -0.2) is 17.1 Å². The molecule has 5 nitrogen and oxygen atoms in total. The normalized spacial score (nSPS) is 11.1. The van der Waals surface area contributed by atoms with Gasteiger partial charge in [-0.15, -0.1) is 0 Å². The molecule has 8 heteroatoms. The number of hydrogen-bond acceptors (Lipinski definition) is 5. The Hall–Kier alpha value is -3.29. The lowest BCUT2D eigenvalue weighted by atomic mass is 10.1. The van der Waals surface area contributed by atoms with Crippen LogP contribution in [0, 0.1) is 6.92 Å². The smallest absolute Gasteiger partial charge is 0.418 e. The molecule has 3 rings (SSSR count). The lowest BCUT2D eigenvalue weighted by Gasteiger charge is -2.15. The molecule has 2 aromatic carbocycles. The molecule has 0 saturated carbocycles. The molecule has 0 amide bonds. The maximum absolute atomic E-state index is 13.2. The van der Waals surface area contributed by atoms with Crippen molar-refractivity contribution in [3.05, 3.63) is 66.0 Å². The van der Waals surface area contributed by atoms with Gasteiger partial charge in [-0.3, -0.25) is 0 Å². The third-order valence-electron chi connectivity index (χ3n) is 3.70. The molecule has 0 bridgehead atoms. The highest BCUT2D eigenvalue weighted by Crippen LogP contribution is 2.35. The summed E-state index contributed by atoms with van der Waals surface area (Å²) in [4.78, 5) is 8.44. The number of nitrogens with zero attached hydrogens (tertiary/aromatic N) is 2. The second-order valence-electron chi connectivity index (χ2n) is 5.71. The predicted octanol–water partition coefficient (Wildman–Crippen LogP) is 5.30. The summed E-state index contributed by atoms with van der Waals surface area (Å²) in [5.74, 6) is 1.85. The molecule has 1 aromatic heterocycles. The first-order valence-electron chi connectivity index (χ1n) is 8.05. The lowest BCUT2D eigenvalue weighted by Crippen LogP contribution is -2.09. The Morgan fingerprint density at radius 1 is 0.889 bits per heavy atom. The van der Waals surface area contributed by atoms with Gasteiger partial charge in [-0.05, 0) is 43.3 Å². The summed E-state index contributed by atoms with van der Waals surface area (Å²) in [6.07, 6.45) is -4.46. The number of ether oxygens (including phenoxy) is 1. The van der Waals surface area contributed by atoms with Gasteiger partial charge in [0.1, 0.15) is 23.2 Å². The van der Waals surface area contributed by atoms with Crippen LogP contribution in [0.2, 0.25) is 0 Å². The molecule has 0 aliphatic carbocycles. The first kappa shape index (κ1) is 18.5. The maximum Gasteiger partial charge on any atom is 0.418 e. The molecule has 0 aliphatic heterocycles. The molecule has 0 radical (unpaired) electrons. The van der Waals surface area contributed by atoms with Gasteiger partial charge in [0.2, 0.25) is 0 Å². The first-order chi connectivity index (χ1) is 12.8. The van der Waals surface area contributed by atoms with E-state index in [0.717, 1.165) is 11.8 Å². The van der Waals surface area contributed by atoms with Gasteiger partial charge < -0.3 is 15.4 Å². The molecule has 0 saturated heterocycles. The van der Waals surface area contributed by atoms with E-state index in [1.54, 1.807) is 32.2 Å². The van der Waals surface area contributed by atoms with E-state index in [2.05, 4.69) is 20.6 Å². The standard InChI is InChI=1S/C19H17F3N4O/c1-12-23-17(25-13-7-9-14(27-2)10-8-13)11-18(24-12)26-16-6-4-3-5-15(16)19(20,21)22/h3-11H,1-2H3,(H2,23,24,25,26). The Labute approximate surface area is 154 Å². The van der Waals surface area contributed by atoms with Gasteiger partial charge in [0.05, 0.1) is 18.4 Å². The molecule has 3 aromatic rings. The van der Waals surface area contributed by atoms with E-state index in [-0.39, 0.29) is 11.5 Å². The SMILES string of the molecule is COc1ccc(Nc2cc(Nc3ccccc3C(F)(F)F)nc(C)n2)cc1. The third kappa shape index (κ3) is 4.66. The summed E-state index contributed by atoms with van der Waals surface area (Å²) in [5.41, 5.74) is -0.0695. The number of hydrogen-bond donors (Lipinski definition) is 2. The summed E-state index contributed by atoms with van der Waals surface area (Å²) in [7, 11) is 1.58. The van der Waals surface area contributed by atoms with Crippen LogP contribution in [-0.2, 0) is 6.18 Å². The minimum absolute atomic E-state index is 0.0708. The highest BCUT2D eigenvalue weighted by Gasteiger charge is 2.33. The van der Waals surface area contributed by atoms with E-state index in [0.29, 0.717) is 17.4 Å². The Kier molecular flexibility index (Phi) is 5.16. The first-order valence-corrected chi connectivity index (χ1v) is 8.05. The molecule has 2 N–H and O–H groups in total. The second-order valence-corrected chi connectivity index (χ2v) is 5.71. The molecule has 27 heavy (non-hydrogen) atoms. The summed E-state index contributed by atoms with van der Waals surface area (Å²) < 4.78 is 44.6. The predicted molar refractivity (Wildman–Crippen MR) is 97.8 cm³/mol. The van der Waals surface area contributed by atoms with Crippen molar-refractivity contribution in [2.45, 2.75) is 13.1 Å². The Morgan fingerprint density at radius 3 is 2.15 bits per heavy atom. The molecule has 0 atom stereocenters. The van der Waals surface area contributed by atoms with Crippen LogP contribution < -0.4 is 15.4 Å². The van der Waals surface area contributed by atoms with Gasteiger partial charge in [-0.25, -0.2) is 9.97 Å². The average Bonchev–Trinajstić information content (AvgIpc) is 2.61. The van der Waals surface area contributed by atoms with Gasteiger partial charge in [-0.2, -0.15) is 13.2 Å². The largest absolute Gasteiger partial charge is 0.497 e. The highest BCUT2D eigenvalue weighted by atomic mass is 19.4. The van der Waals surface area contributed by atoms with E-state index in [4.69, 9.17) is 4.74 Å². The van der Waals surface area contributed by atoms with Crippen molar-refractivity contribution in [3.8, 4) is 5.75 Å². The number of benzene rings is 2. The van der Waals surface area contributed by atoms with Crippen molar-refractivity contribution in [3.63, 3.8) is 0 Å². The van der Waals surface area contributed by atoms with Crippen LogP contribution in [0.15, 0.2) is 54.6 Å². The minimum atomic E-state index is -4.46. The Balaban J connectivity index is 1.86. The molecule has 0 unspecified atom stereocenters. The number of aryl methyl sites for hydroxylation is 1. The second kappa shape index (κ2) is 7.53. The highest BCUT2D eigenvalue weighted by molar-refractivity contribution is 5.65. The topological polar surface area (TPSA) is 59.1 Å².